The predicted octanol–water partition coefficient (Wildman–Crippen LogP) is 0.138. The highest BCUT2D eigenvalue weighted by molar-refractivity contribution is 5.98. The van der Waals surface area contributed by atoms with Crippen LogP contribution in [0.25, 0.3) is 21.9 Å². The fourth-order valence-electron chi connectivity index (χ4n) is 6.13. The third-order valence-electron chi connectivity index (χ3n) is 10.2. The highest BCUT2D eigenvalue weighted by Gasteiger charge is 2.27. The zero-order valence-corrected chi connectivity index (χ0v) is 37.4. The standard InChI is InChI=1S/C40H61N2O8.2HI/c1-12-41(9,13-2)22-28(43)24-48-32-20-34-37(38(45)30(32)18-16-26(5)6)39(46)36-31(19-17-27(7)8)40(47-11)35(21-33(36)50-34)49-25-29(44)23-42(10,14-3)15-4;;/h16-17,20-21,28-29,43-44H,12-15,18-19,22-25H2,1-11H3;2*1H/q+1;;/p-1. The molecule has 0 spiro atoms. The van der Waals surface area contributed by atoms with Gasteiger partial charge in [0.05, 0.1) is 52.8 Å². The van der Waals surface area contributed by atoms with Crippen molar-refractivity contribution in [3.05, 3.63) is 56.8 Å². The largest absolute Gasteiger partial charge is 1.00 e. The van der Waals surface area contributed by atoms with E-state index in [0.717, 1.165) is 37.3 Å². The average Bonchev–Trinajstić information content (AvgIpc) is 3.07. The number of allylic oxidation sites excluding steroid dienone is 4. The Bertz CT molecular complexity index is 1740. The molecule has 0 amide bonds. The van der Waals surface area contributed by atoms with Crippen molar-refractivity contribution in [2.75, 3.05) is 73.7 Å². The minimum atomic E-state index is -0.746. The van der Waals surface area contributed by atoms with Gasteiger partial charge in [-0.15, -0.1) is 0 Å². The first-order chi connectivity index (χ1) is 23.5. The summed E-state index contributed by atoms with van der Waals surface area (Å²) in [6, 6.07) is 3.25. The number of benzene rings is 2. The lowest BCUT2D eigenvalue weighted by Gasteiger charge is -2.34. The topological polar surface area (TPSA) is 119 Å². The zero-order valence-electron chi connectivity index (χ0n) is 33.1. The van der Waals surface area contributed by atoms with Crippen LogP contribution in [0, 0.1) is 0 Å². The maximum Gasteiger partial charge on any atom is 0.204 e. The van der Waals surface area contributed by atoms with E-state index in [1.807, 2.05) is 39.8 Å². The number of fused-ring (bicyclic) bond motifs is 2. The molecule has 0 radical (unpaired) electrons. The van der Waals surface area contributed by atoms with Crippen LogP contribution in [0.3, 0.4) is 0 Å². The molecule has 0 bridgehead atoms. The van der Waals surface area contributed by atoms with Gasteiger partial charge >= 0.3 is 0 Å². The highest BCUT2D eigenvalue weighted by atomic mass is 127. The van der Waals surface area contributed by atoms with Crippen molar-refractivity contribution in [1.29, 1.82) is 0 Å². The number of hydrogen-bond acceptors (Lipinski definition) is 8. The molecule has 10 nitrogen and oxygen atoms in total. The number of methoxy groups -OCH3 is 1. The molecule has 52 heavy (non-hydrogen) atoms. The van der Waals surface area contributed by atoms with Crippen LogP contribution in [-0.2, 0) is 12.8 Å². The lowest BCUT2D eigenvalue weighted by Crippen LogP contribution is -3.00. The number of hydrogen-bond donors (Lipinski definition) is 3. The summed E-state index contributed by atoms with van der Waals surface area (Å²) >= 11 is 0. The number of rotatable bonds is 19. The van der Waals surface area contributed by atoms with Gasteiger partial charge in [0.1, 0.15) is 66.6 Å². The maximum absolute atomic E-state index is 14.5. The summed E-state index contributed by atoms with van der Waals surface area (Å²) in [6.07, 6.45) is 3.15. The molecule has 2 aromatic carbocycles. The third-order valence-corrected chi connectivity index (χ3v) is 10.2. The number of aromatic hydroxyl groups is 1. The van der Waals surface area contributed by atoms with Crippen LogP contribution in [0.15, 0.2) is 44.6 Å². The smallest absolute Gasteiger partial charge is 0.204 e. The maximum atomic E-state index is 14.5. The number of halogens is 2. The lowest BCUT2D eigenvalue weighted by molar-refractivity contribution is -0.909. The summed E-state index contributed by atoms with van der Waals surface area (Å²) in [5.74, 6) is 0.839. The molecule has 0 saturated heterocycles. The minimum Gasteiger partial charge on any atom is -1.00 e. The van der Waals surface area contributed by atoms with E-state index in [2.05, 4.69) is 41.8 Å². The fraction of sp³-hybridized carbons (Fsp3) is 0.575. The molecule has 0 saturated carbocycles. The van der Waals surface area contributed by atoms with Crippen molar-refractivity contribution in [3.63, 3.8) is 0 Å². The molecule has 2 unspecified atom stereocenters. The summed E-state index contributed by atoms with van der Waals surface area (Å²) in [4.78, 5) is 14.5. The van der Waals surface area contributed by atoms with Crippen LogP contribution in [-0.4, -0.2) is 110 Å². The first kappa shape index (κ1) is 47.9. The van der Waals surface area contributed by atoms with Gasteiger partial charge in [-0.2, -0.15) is 0 Å². The van der Waals surface area contributed by atoms with Crippen LogP contribution in [0.1, 0.15) is 66.5 Å². The fourth-order valence-corrected chi connectivity index (χ4v) is 6.13. The first-order valence-electron chi connectivity index (χ1n) is 18.0. The van der Waals surface area contributed by atoms with Crippen LogP contribution in [0.5, 0.6) is 23.0 Å². The molecule has 2 atom stereocenters. The van der Waals surface area contributed by atoms with Crippen molar-refractivity contribution in [2.24, 2.45) is 0 Å². The number of phenols is 1. The summed E-state index contributed by atoms with van der Waals surface area (Å²) < 4.78 is 26.1. The Kier molecular flexibility index (Phi) is 19.4. The van der Waals surface area contributed by atoms with Crippen molar-refractivity contribution < 1.29 is 90.9 Å². The Labute approximate surface area is 344 Å². The molecule has 0 aliphatic rings. The number of ether oxygens (including phenoxy) is 3. The van der Waals surface area contributed by atoms with E-state index in [-0.39, 0.29) is 88.9 Å². The van der Waals surface area contributed by atoms with E-state index < -0.39 is 17.6 Å². The van der Waals surface area contributed by atoms with Gasteiger partial charge in [-0.25, -0.2) is 0 Å². The van der Waals surface area contributed by atoms with Gasteiger partial charge in [0, 0.05) is 23.3 Å². The Balaban J connectivity index is 0.00000676. The van der Waals surface area contributed by atoms with Crippen LogP contribution < -0.4 is 67.6 Å². The summed E-state index contributed by atoms with van der Waals surface area (Å²) in [5.41, 5.74) is 3.11. The number of quaternary nitrogens is 2. The molecule has 12 heteroatoms. The first-order valence-corrected chi connectivity index (χ1v) is 18.0. The van der Waals surface area contributed by atoms with Crippen LogP contribution in [0.2, 0.25) is 0 Å². The second-order valence-corrected chi connectivity index (χ2v) is 14.5. The molecule has 1 aromatic heterocycles. The molecule has 0 fully saturated rings. The van der Waals surface area contributed by atoms with Gasteiger partial charge in [0.15, 0.2) is 11.5 Å². The molecular formula is C40H62I2N2O8. The highest BCUT2D eigenvalue weighted by Crippen LogP contribution is 2.42. The monoisotopic (exact) mass is 952 g/mol. The second kappa shape index (κ2) is 21.1. The number of likely N-dealkylation sites (N-methyl/N-ethyl adjacent to an activating group) is 2. The molecule has 3 aromatic rings. The minimum absolute atomic E-state index is 0. The average molecular weight is 953 g/mol. The van der Waals surface area contributed by atoms with Gasteiger partial charge in [-0.3, -0.25) is 4.79 Å². The van der Waals surface area contributed by atoms with Crippen LogP contribution >= 0.6 is 0 Å². The molecule has 0 aliphatic carbocycles. The molecular weight excluding hydrogens is 890 g/mol. The van der Waals surface area contributed by atoms with E-state index in [4.69, 9.17) is 18.6 Å². The van der Waals surface area contributed by atoms with Crippen molar-refractivity contribution in [1.82, 2.24) is 0 Å². The summed E-state index contributed by atoms with van der Waals surface area (Å²) in [7, 11) is 5.72. The van der Waals surface area contributed by atoms with Crippen molar-refractivity contribution in [2.45, 2.75) is 80.4 Å². The lowest BCUT2D eigenvalue weighted by atomic mass is 9.98. The van der Waals surface area contributed by atoms with E-state index in [1.54, 1.807) is 12.1 Å². The van der Waals surface area contributed by atoms with E-state index >= 15 is 0 Å². The van der Waals surface area contributed by atoms with E-state index in [9.17, 15) is 20.1 Å². The molecule has 294 valence electrons. The number of aliphatic hydroxyl groups excluding tert-OH is 2. The molecule has 3 N–H and O–H groups in total. The van der Waals surface area contributed by atoms with Crippen molar-refractivity contribution >= 4 is 21.9 Å². The van der Waals surface area contributed by atoms with Gasteiger partial charge in [0.25, 0.3) is 0 Å². The Morgan fingerprint density at radius 2 is 1.17 bits per heavy atom. The Morgan fingerprint density at radius 1 is 0.750 bits per heavy atom. The Hall–Kier alpha value is -2.11. The number of aliphatic hydroxyl groups is 2. The predicted molar refractivity (Wildman–Crippen MR) is 202 cm³/mol. The van der Waals surface area contributed by atoms with Gasteiger partial charge < -0.3 is 90.9 Å². The number of nitrogens with zero attached hydrogens (tertiary/aromatic N) is 2. The number of phenolic OH excluding ortho intramolecular Hbond substituents is 1. The van der Waals surface area contributed by atoms with Crippen molar-refractivity contribution in [3.8, 4) is 23.0 Å². The Morgan fingerprint density at radius 3 is 1.62 bits per heavy atom. The summed E-state index contributed by atoms with van der Waals surface area (Å²) in [6.45, 7) is 20.8. The quantitative estimate of drug-likeness (QED) is 0.0674. The third kappa shape index (κ3) is 11.9. The van der Waals surface area contributed by atoms with E-state index in [0.29, 0.717) is 63.3 Å². The normalized spacial score (nSPS) is 12.8. The molecule has 3 rings (SSSR count). The molecule has 0 aliphatic heterocycles. The van der Waals surface area contributed by atoms with E-state index in [1.165, 1.54) is 7.11 Å². The second-order valence-electron chi connectivity index (χ2n) is 14.5. The van der Waals surface area contributed by atoms with Gasteiger partial charge in [-0.1, -0.05) is 23.3 Å². The van der Waals surface area contributed by atoms with Gasteiger partial charge in [-0.05, 0) is 68.2 Å². The van der Waals surface area contributed by atoms with Crippen LogP contribution in [0.4, 0.5) is 0 Å². The van der Waals surface area contributed by atoms with Gasteiger partial charge in [0.2, 0.25) is 5.43 Å². The molecule has 1 heterocycles. The summed E-state index contributed by atoms with van der Waals surface area (Å²) in [5, 5.41) is 33.9. The zero-order chi connectivity index (χ0) is 37.4. The SMILES string of the molecule is CC[N+](C)(CC)CC(O)COc1cc2oc3cc(OCC(O)C[N+](C)(CC)CC)c(OC)c(CC=C(C)C)c3c(=O)c2c(O)c1CC=C(C)C.[I-].[I-].